The summed E-state index contributed by atoms with van der Waals surface area (Å²) >= 11 is 0. The SMILES string of the molecule is CN(CC(=O)NCc1ccco1)C(=O)/C=C/c1cn(-c2ccccc2)nc1-c1cccnc1. The number of carbonyl (C=O) groups is 2. The second-order valence-electron chi connectivity index (χ2n) is 7.34. The Kier molecular flexibility index (Phi) is 6.75. The number of nitrogens with one attached hydrogen (secondary N) is 1. The van der Waals surface area contributed by atoms with Gasteiger partial charge in [0.05, 0.1) is 25.0 Å². The number of likely N-dealkylation sites (N-methyl/N-ethyl adjacent to an activating group) is 1. The quantitative estimate of drug-likeness (QED) is 0.424. The summed E-state index contributed by atoms with van der Waals surface area (Å²) in [6, 6.07) is 17.0. The molecule has 0 saturated carbocycles. The Bertz CT molecular complexity index is 1230. The normalized spacial score (nSPS) is 10.9. The standard InChI is InChI=1S/C25H23N5O3/c1-29(18-23(31)27-16-22-10-6-14-33-22)24(32)12-11-20-17-30(21-8-3-2-4-9-21)28-25(20)19-7-5-13-26-15-19/h2-15,17H,16,18H2,1H3,(H,27,31)/b12-11+. The number of rotatable bonds is 8. The molecule has 0 radical (unpaired) electrons. The summed E-state index contributed by atoms with van der Waals surface area (Å²) in [5.41, 5.74) is 3.20. The average Bonchev–Trinajstić information content (AvgIpc) is 3.52. The van der Waals surface area contributed by atoms with Gasteiger partial charge >= 0.3 is 0 Å². The first-order valence-electron chi connectivity index (χ1n) is 10.4. The third kappa shape index (κ3) is 5.62. The molecular formula is C25H23N5O3. The molecule has 0 aliphatic rings. The summed E-state index contributed by atoms with van der Waals surface area (Å²) in [6.07, 6.45) is 9.97. The number of furan rings is 1. The van der Waals surface area contributed by atoms with Gasteiger partial charge in [-0.2, -0.15) is 5.10 Å². The van der Waals surface area contributed by atoms with Gasteiger partial charge in [0, 0.05) is 42.8 Å². The lowest BCUT2D eigenvalue weighted by atomic mass is 10.1. The van der Waals surface area contributed by atoms with Crippen molar-refractivity contribution in [1.29, 1.82) is 0 Å². The van der Waals surface area contributed by atoms with Gasteiger partial charge in [-0.25, -0.2) is 4.68 Å². The molecule has 3 heterocycles. The van der Waals surface area contributed by atoms with Crippen LogP contribution in [0.3, 0.4) is 0 Å². The minimum Gasteiger partial charge on any atom is -0.467 e. The highest BCUT2D eigenvalue weighted by atomic mass is 16.3. The number of hydrogen-bond donors (Lipinski definition) is 1. The van der Waals surface area contributed by atoms with E-state index in [0.717, 1.165) is 16.8 Å². The zero-order valence-electron chi connectivity index (χ0n) is 18.1. The average molecular weight is 441 g/mol. The van der Waals surface area contributed by atoms with E-state index in [1.54, 1.807) is 48.6 Å². The predicted octanol–water partition coefficient (Wildman–Crippen LogP) is 3.32. The largest absolute Gasteiger partial charge is 0.467 e. The summed E-state index contributed by atoms with van der Waals surface area (Å²) in [5, 5.41) is 7.42. The van der Waals surface area contributed by atoms with Crippen molar-refractivity contribution >= 4 is 17.9 Å². The molecule has 33 heavy (non-hydrogen) atoms. The number of para-hydroxylation sites is 1. The van der Waals surface area contributed by atoms with E-state index >= 15 is 0 Å². The summed E-state index contributed by atoms with van der Waals surface area (Å²) in [5.74, 6) is 0.0759. The molecule has 8 nitrogen and oxygen atoms in total. The number of pyridine rings is 1. The molecule has 0 spiro atoms. The molecule has 0 aliphatic carbocycles. The van der Waals surface area contributed by atoms with Gasteiger partial charge in [0.25, 0.3) is 0 Å². The third-order valence-corrected chi connectivity index (χ3v) is 4.90. The number of nitrogens with zero attached hydrogens (tertiary/aromatic N) is 4. The highest BCUT2D eigenvalue weighted by molar-refractivity contribution is 5.95. The van der Waals surface area contributed by atoms with Crippen molar-refractivity contribution < 1.29 is 14.0 Å². The molecule has 1 N–H and O–H groups in total. The van der Waals surface area contributed by atoms with Gasteiger partial charge in [-0.05, 0) is 42.5 Å². The van der Waals surface area contributed by atoms with Crippen LogP contribution in [0.15, 0.2) is 89.9 Å². The Hall–Kier alpha value is -4.46. The lowest BCUT2D eigenvalue weighted by Gasteiger charge is -2.14. The Balaban J connectivity index is 1.47. The molecule has 0 saturated heterocycles. The van der Waals surface area contributed by atoms with Crippen molar-refractivity contribution in [2.75, 3.05) is 13.6 Å². The first-order valence-corrected chi connectivity index (χ1v) is 10.4. The van der Waals surface area contributed by atoms with Crippen LogP contribution in [0.4, 0.5) is 0 Å². The van der Waals surface area contributed by atoms with Crippen molar-refractivity contribution in [3.05, 3.63) is 96.9 Å². The van der Waals surface area contributed by atoms with E-state index in [9.17, 15) is 9.59 Å². The number of benzene rings is 1. The topological polar surface area (TPSA) is 93.3 Å². The van der Waals surface area contributed by atoms with Crippen LogP contribution in [-0.4, -0.2) is 45.1 Å². The Morgan fingerprint density at radius 3 is 2.70 bits per heavy atom. The highest BCUT2D eigenvalue weighted by Gasteiger charge is 2.13. The summed E-state index contributed by atoms with van der Waals surface area (Å²) < 4.78 is 6.95. The highest BCUT2D eigenvalue weighted by Crippen LogP contribution is 2.24. The van der Waals surface area contributed by atoms with Crippen molar-refractivity contribution in [2.45, 2.75) is 6.54 Å². The Labute approximate surface area is 191 Å². The van der Waals surface area contributed by atoms with E-state index in [0.29, 0.717) is 11.5 Å². The van der Waals surface area contributed by atoms with Gasteiger partial charge in [-0.1, -0.05) is 18.2 Å². The first kappa shape index (κ1) is 21.8. The number of aromatic nitrogens is 3. The van der Waals surface area contributed by atoms with Crippen LogP contribution in [0, 0.1) is 0 Å². The second kappa shape index (κ2) is 10.2. The monoisotopic (exact) mass is 441 g/mol. The van der Waals surface area contributed by atoms with Crippen molar-refractivity contribution in [3.63, 3.8) is 0 Å². The molecular weight excluding hydrogens is 418 g/mol. The molecule has 0 aliphatic heterocycles. The molecule has 0 atom stereocenters. The van der Waals surface area contributed by atoms with Crippen LogP contribution >= 0.6 is 0 Å². The van der Waals surface area contributed by atoms with Gasteiger partial charge in [-0.15, -0.1) is 0 Å². The molecule has 8 heteroatoms. The third-order valence-electron chi connectivity index (χ3n) is 4.90. The number of amides is 2. The van der Waals surface area contributed by atoms with Crippen molar-refractivity contribution in [3.8, 4) is 16.9 Å². The van der Waals surface area contributed by atoms with Crippen LogP contribution in [0.2, 0.25) is 0 Å². The van der Waals surface area contributed by atoms with Gasteiger partial charge in [-0.3, -0.25) is 14.6 Å². The smallest absolute Gasteiger partial charge is 0.246 e. The van der Waals surface area contributed by atoms with E-state index in [1.807, 2.05) is 48.7 Å². The molecule has 3 aromatic heterocycles. The molecule has 1 aromatic carbocycles. The molecule has 0 bridgehead atoms. The minimum atomic E-state index is -0.298. The van der Waals surface area contributed by atoms with Crippen LogP contribution in [0.25, 0.3) is 23.0 Å². The Morgan fingerprint density at radius 2 is 1.97 bits per heavy atom. The maximum Gasteiger partial charge on any atom is 0.246 e. The zero-order valence-corrected chi connectivity index (χ0v) is 18.1. The molecule has 0 unspecified atom stereocenters. The maximum atomic E-state index is 12.6. The van der Waals surface area contributed by atoms with Crippen LogP contribution in [0.5, 0.6) is 0 Å². The lowest BCUT2D eigenvalue weighted by molar-refractivity contribution is -0.131. The van der Waals surface area contributed by atoms with Gasteiger partial charge in [0.15, 0.2) is 0 Å². The van der Waals surface area contributed by atoms with Crippen LogP contribution in [-0.2, 0) is 16.1 Å². The summed E-state index contributed by atoms with van der Waals surface area (Å²) in [7, 11) is 1.58. The molecule has 0 fully saturated rings. The molecule has 2 amide bonds. The minimum absolute atomic E-state index is 0.0668. The molecule has 4 rings (SSSR count). The van der Waals surface area contributed by atoms with E-state index < -0.39 is 0 Å². The fraction of sp³-hybridized carbons (Fsp3) is 0.120. The van der Waals surface area contributed by atoms with Gasteiger partial charge in [0.1, 0.15) is 11.5 Å². The van der Waals surface area contributed by atoms with Gasteiger partial charge in [0.2, 0.25) is 11.8 Å². The zero-order chi connectivity index (χ0) is 23.0. The van der Waals surface area contributed by atoms with E-state index in [2.05, 4.69) is 10.3 Å². The summed E-state index contributed by atoms with van der Waals surface area (Å²) in [6.45, 7) is 0.208. The lowest BCUT2D eigenvalue weighted by Crippen LogP contribution is -2.37. The predicted molar refractivity (Wildman–Crippen MR) is 124 cm³/mol. The van der Waals surface area contributed by atoms with Crippen molar-refractivity contribution in [1.82, 2.24) is 25.0 Å². The van der Waals surface area contributed by atoms with Gasteiger partial charge < -0.3 is 14.6 Å². The fourth-order valence-corrected chi connectivity index (χ4v) is 3.19. The second-order valence-corrected chi connectivity index (χ2v) is 7.34. The van der Waals surface area contributed by atoms with E-state index in [-0.39, 0.29) is 24.9 Å². The first-order chi connectivity index (χ1) is 16.1. The van der Waals surface area contributed by atoms with E-state index in [1.165, 1.54) is 11.0 Å². The number of carbonyl (C=O) groups excluding carboxylic acids is 2. The van der Waals surface area contributed by atoms with Crippen LogP contribution in [0.1, 0.15) is 11.3 Å². The van der Waals surface area contributed by atoms with Crippen LogP contribution < -0.4 is 5.32 Å². The summed E-state index contributed by atoms with van der Waals surface area (Å²) in [4.78, 5) is 30.3. The number of hydrogen-bond acceptors (Lipinski definition) is 5. The molecule has 4 aromatic rings. The van der Waals surface area contributed by atoms with Crippen molar-refractivity contribution in [2.24, 2.45) is 0 Å². The van der Waals surface area contributed by atoms with E-state index in [4.69, 9.17) is 9.52 Å². The molecule has 166 valence electrons. The maximum absolute atomic E-state index is 12.6. The Morgan fingerprint density at radius 1 is 1.12 bits per heavy atom. The fourth-order valence-electron chi connectivity index (χ4n) is 3.19.